The van der Waals surface area contributed by atoms with Crippen LogP contribution >= 0.6 is 12.2 Å². The maximum Gasteiger partial charge on any atom is 0.232 e. The summed E-state index contributed by atoms with van der Waals surface area (Å²) in [7, 11) is 0. The Labute approximate surface area is 203 Å². The molecule has 33 heavy (non-hydrogen) atoms. The zero-order chi connectivity index (χ0) is 23.2. The average Bonchev–Trinajstić information content (AvgIpc) is 2.82. The van der Waals surface area contributed by atoms with Crippen molar-refractivity contribution in [2.75, 3.05) is 65.8 Å². The Morgan fingerprint density at radius 2 is 1.55 bits per heavy atom. The molecule has 1 aromatic heterocycles. The third kappa shape index (κ3) is 6.25. The fourth-order valence-corrected chi connectivity index (χ4v) is 5.06. The van der Waals surface area contributed by atoms with E-state index in [0.717, 1.165) is 63.9 Å². The molecule has 2 N–H and O–H groups in total. The van der Waals surface area contributed by atoms with Crippen molar-refractivity contribution < 1.29 is 0 Å². The van der Waals surface area contributed by atoms with Crippen molar-refractivity contribution in [3.63, 3.8) is 0 Å². The molecular formula is C25H37N7S. The molecule has 178 valence electrons. The summed E-state index contributed by atoms with van der Waals surface area (Å²) < 4.78 is 0. The zero-order valence-electron chi connectivity index (χ0n) is 20.1. The molecular weight excluding hydrogens is 430 g/mol. The first-order valence-corrected chi connectivity index (χ1v) is 12.7. The molecule has 0 unspecified atom stereocenters. The van der Waals surface area contributed by atoms with Crippen molar-refractivity contribution in [3.05, 3.63) is 36.4 Å². The largest absolute Gasteiger partial charge is 0.368 e. The number of anilines is 4. The number of piperazine rings is 1. The van der Waals surface area contributed by atoms with E-state index in [-0.39, 0.29) is 0 Å². The molecule has 2 saturated heterocycles. The summed E-state index contributed by atoms with van der Waals surface area (Å²) in [6, 6.07) is 12.8. The highest BCUT2D eigenvalue weighted by atomic mass is 32.1. The Kier molecular flexibility index (Phi) is 7.85. The molecule has 2 aromatic rings. The summed E-state index contributed by atoms with van der Waals surface area (Å²) in [5.41, 5.74) is 1.28. The standard InChI is InChI=1S/C25H37N7S/c1-4-10-26-25(33)29-24-27-22(16-23(28-24)32-17-19(2)15-20(3)18-32)31-13-11-30(12-14-31)21-8-6-5-7-9-21/h5-9,16,19-20H,4,10-15,17-18H2,1-3H3,(H2,26,27,28,29,33)/t19-,20+. The minimum absolute atomic E-state index is 0.576. The van der Waals surface area contributed by atoms with Gasteiger partial charge in [-0.05, 0) is 49.0 Å². The fraction of sp³-hybridized carbons (Fsp3) is 0.560. The Bertz CT molecular complexity index is 904. The van der Waals surface area contributed by atoms with Crippen LogP contribution in [0.15, 0.2) is 36.4 Å². The molecule has 2 aliphatic rings. The van der Waals surface area contributed by atoms with E-state index < -0.39 is 0 Å². The number of piperidine rings is 1. The summed E-state index contributed by atoms with van der Waals surface area (Å²) in [6.07, 6.45) is 2.29. The maximum atomic E-state index is 5.47. The highest BCUT2D eigenvalue weighted by molar-refractivity contribution is 7.80. The van der Waals surface area contributed by atoms with Crippen molar-refractivity contribution in [2.45, 2.75) is 33.6 Å². The van der Waals surface area contributed by atoms with Crippen LogP contribution in [0.25, 0.3) is 0 Å². The zero-order valence-corrected chi connectivity index (χ0v) is 20.9. The number of nitrogens with zero attached hydrogens (tertiary/aromatic N) is 5. The van der Waals surface area contributed by atoms with Gasteiger partial charge in [0.2, 0.25) is 5.95 Å². The first-order valence-electron chi connectivity index (χ1n) is 12.3. The minimum Gasteiger partial charge on any atom is -0.368 e. The highest BCUT2D eigenvalue weighted by Crippen LogP contribution is 2.29. The van der Waals surface area contributed by atoms with Gasteiger partial charge in [-0.2, -0.15) is 9.97 Å². The van der Waals surface area contributed by atoms with Gasteiger partial charge in [-0.15, -0.1) is 0 Å². The number of nitrogens with one attached hydrogen (secondary N) is 2. The van der Waals surface area contributed by atoms with E-state index in [1.54, 1.807) is 0 Å². The summed E-state index contributed by atoms with van der Waals surface area (Å²) in [6.45, 7) is 13.5. The van der Waals surface area contributed by atoms with Crippen molar-refractivity contribution >= 4 is 40.6 Å². The highest BCUT2D eigenvalue weighted by Gasteiger charge is 2.25. The third-order valence-corrected chi connectivity index (χ3v) is 6.62. The lowest BCUT2D eigenvalue weighted by Crippen LogP contribution is -2.47. The van der Waals surface area contributed by atoms with Gasteiger partial charge in [-0.3, -0.25) is 0 Å². The van der Waals surface area contributed by atoms with E-state index >= 15 is 0 Å². The van der Waals surface area contributed by atoms with E-state index in [0.29, 0.717) is 22.9 Å². The molecule has 3 heterocycles. The maximum absolute atomic E-state index is 5.47. The van der Waals surface area contributed by atoms with Gasteiger partial charge >= 0.3 is 0 Å². The molecule has 2 fully saturated rings. The Morgan fingerprint density at radius 3 is 2.18 bits per heavy atom. The van der Waals surface area contributed by atoms with Gasteiger partial charge in [0, 0.05) is 57.6 Å². The second-order valence-corrected chi connectivity index (χ2v) is 9.86. The molecule has 0 bridgehead atoms. The van der Waals surface area contributed by atoms with Gasteiger partial charge in [-0.25, -0.2) is 0 Å². The molecule has 2 aliphatic heterocycles. The molecule has 7 nitrogen and oxygen atoms in total. The van der Waals surface area contributed by atoms with Crippen LogP contribution in [0.2, 0.25) is 0 Å². The van der Waals surface area contributed by atoms with E-state index in [1.165, 1.54) is 12.1 Å². The quantitative estimate of drug-likeness (QED) is 0.619. The second kappa shape index (κ2) is 11.0. The van der Waals surface area contributed by atoms with E-state index in [2.05, 4.69) is 82.5 Å². The minimum atomic E-state index is 0.576. The van der Waals surface area contributed by atoms with Crippen molar-refractivity contribution in [1.29, 1.82) is 0 Å². The van der Waals surface area contributed by atoms with Crippen molar-refractivity contribution in [3.8, 4) is 0 Å². The molecule has 0 aliphatic carbocycles. The van der Waals surface area contributed by atoms with Crippen LogP contribution in [-0.4, -0.2) is 60.9 Å². The number of thiocarbonyl (C=S) groups is 1. The molecule has 0 saturated carbocycles. The number of benzene rings is 1. The number of para-hydroxylation sites is 1. The summed E-state index contributed by atoms with van der Waals surface area (Å²) in [5.74, 6) is 3.85. The number of rotatable bonds is 6. The SMILES string of the molecule is CCCNC(=S)Nc1nc(N2CCN(c3ccccc3)CC2)cc(N2C[C@H](C)C[C@H](C)C2)n1. The second-order valence-electron chi connectivity index (χ2n) is 9.45. The number of hydrogen-bond donors (Lipinski definition) is 2. The van der Waals surface area contributed by atoms with Crippen LogP contribution < -0.4 is 25.3 Å². The summed E-state index contributed by atoms with van der Waals surface area (Å²) in [5, 5.41) is 7.03. The molecule has 0 amide bonds. The fourth-order valence-electron chi connectivity index (χ4n) is 4.87. The molecule has 0 spiro atoms. The molecule has 8 heteroatoms. The van der Waals surface area contributed by atoms with Gasteiger partial charge in [0.15, 0.2) is 5.11 Å². The first-order chi connectivity index (χ1) is 16.0. The predicted molar refractivity (Wildman–Crippen MR) is 143 cm³/mol. The molecule has 0 radical (unpaired) electrons. The monoisotopic (exact) mass is 467 g/mol. The number of hydrogen-bond acceptors (Lipinski definition) is 6. The molecule has 2 atom stereocenters. The number of aromatic nitrogens is 2. The van der Waals surface area contributed by atoms with E-state index in [4.69, 9.17) is 22.2 Å². The van der Waals surface area contributed by atoms with Crippen LogP contribution in [0.1, 0.15) is 33.6 Å². The van der Waals surface area contributed by atoms with Gasteiger partial charge in [0.05, 0.1) is 0 Å². The van der Waals surface area contributed by atoms with Gasteiger partial charge in [0.1, 0.15) is 11.6 Å². The average molecular weight is 468 g/mol. The lowest BCUT2D eigenvalue weighted by Gasteiger charge is -2.38. The van der Waals surface area contributed by atoms with Crippen LogP contribution in [0.3, 0.4) is 0 Å². The van der Waals surface area contributed by atoms with Crippen LogP contribution in [0.5, 0.6) is 0 Å². The van der Waals surface area contributed by atoms with E-state index in [9.17, 15) is 0 Å². The predicted octanol–water partition coefficient (Wildman–Crippen LogP) is 3.98. The van der Waals surface area contributed by atoms with Crippen LogP contribution in [-0.2, 0) is 0 Å². The molecule has 4 rings (SSSR count). The molecule has 1 aromatic carbocycles. The van der Waals surface area contributed by atoms with Crippen LogP contribution in [0.4, 0.5) is 23.3 Å². The lowest BCUT2D eigenvalue weighted by atomic mass is 9.92. The van der Waals surface area contributed by atoms with Crippen molar-refractivity contribution in [2.24, 2.45) is 11.8 Å². The topological polar surface area (TPSA) is 59.6 Å². The van der Waals surface area contributed by atoms with Crippen molar-refractivity contribution in [1.82, 2.24) is 15.3 Å². The summed E-state index contributed by atoms with van der Waals surface area (Å²) >= 11 is 5.47. The Balaban J connectivity index is 1.53. The Hall–Kier alpha value is -2.61. The van der Waals surface area contributed by atoms with Crippen LogP contribution in [0, 0.1) is 11.8 Å². The van der Waals surface area contributed by atoms with Gasteiger partial charge < -0.3 is 25.3 Å². The third-order valence-electron chi connectivity index (χ3n) is 6.38. The smallest absolute Gasteiger partial charge is 0.232 e. The van der Waals surface area contributed by atoms with E-state index in [1.807, 2.05) is 0 Å². The summed E-state index contributed by atoms with van der Waals surface area (Å²) in [4.78, 5) is 17.0. The first kappa shape index (κ1) is 23.5. The van der Waals surface area contributed by atoms with Gasteiger partial charge in [0.25, 0.3) is 0 Å². The normalized spacial score (nSPS) is 21.1. The Morgan fingerprint density at radius 1 is 0.939 bits per heavy atom. The van der Waals surface area contributed by atoms with Gasteiger partial charge in [-0.1, -0.05) is 39.0 Å². The lowest BCUT2D eigenvalue weighted by molar-refractivity contribution is 0.355.